The van der Waals surface area contributed by atoms with E-state index >= 15 is 0 Å². The number of hydrogen-bond acceptors (Lipinski definition) is 2. The van der Waals surface area contributed by atoms with E-state index in [1.165, 1.54) is 36.4 Å². The van der Waals surface area contributed by atoms with Crippen molar-refractivity contribution in [1.29, 1.82) is 0 Å². The molecule has 0 spiro atoms. The van der Waals surface area contributed by atoms with Gasteiger partial charge in [-0.15, -0.1) is 0 Å². The minimum atomic E-state index is -0.356. The molecule has 4 heteroatoms. The number of carbonyl (C=O) groups excluding carboxylic acids is 1. The summed E-state index contributed by atoms with van der Waals surface area (Å²) >= 11 is 0. The van der Waals surface area contributed by atoms with Crippen LogP contribution in [0.15, 0.2) is 48.5 Å². The van der Waals surface area contributed by atoms with Crippen LogP contribution in [-0.2, 0) is 6.42 Å². The second-order valence-electron chi connectivity index (χ2n) is 4.48. The Morgan fingerprint density at radius 2 is 1.45 bits per heavy atom. The molecule has 0 atom stereocenters. The zero-order chi connectivity index (χ0) is 14.4. The van der Waals surface area contributed by atoms with Crippen LogP contribution in [0, 0.1) is 11.6 Å². The first-order valence-corrected chi connectivity index (χ1v) is 6.39. The van der Waals surface area contributed by atoms with Crippen molar-refractivity contribution in [2.45, 2.75) is 6.42 Å². The molecule has 0 fully saturated rings. The van der Waals surface area contributed by atoms with Gasteiger partial charge in [-0.05, 0) is 54.9 Å². The van der Waals surface area contributed by atoms with E-state index in [-0.39, 0.29) is 24.0 Å². The van der Waals surface area contributed by atoms with Crippen LogP contribution in [-0.4, -0.2) is 18.9 Å². The van der Waals surface area contributed by atoms with Gasteiger partial charge in [0.25, 0.3) is 0 Å². The van der Waals surface area contributed by atoms with Gasteiger partial charge >= 0.3 is 0 Å². The summed E-state index contributed by atoms with van der Waals surface area (Å²) in [5.41, 5.74) is 1.49. The van der Waals surface area contributed by atoms with Crippen molar-refractivity contribution in [3.05, 3.63) is 71.3 Å². The molecule has 0 radical (unpaired) electrons. The third kappa shape index (κ3) is 4.24. The first-order chi connectivity index (χ1) is 9.65. The summed E-state index contributed by atoms with van der Waals surface area (Å²) in [4.78, 5) is 11.8. The van der Waals surface area contributed by atoms with Gasteiger partial charge in [-0.2, -0.15) is 0 Å². The van der Waals surface area contributed by atoms with Crippen LogP contribution < -0.4 is 5.32 Å². The monoisotopic (exact) mass is 275 g/mol. The molecule has 0 aliphatic heterocycles. The number of carbonyl (C=O) groups is 1. The SMILES string of the molecule is O=C(CNCCc1ccc(F)cc1)c1ccc(F)cc1. The van der Waals surface area contributed by atoms with E-state index < -0.39 is 0 Å². The zero-order valence-electron chi connectivity index (χ0n) is 10.9. The molecule has 0 saturated heterocycles. The third-order valence-corrected chi connectivity index (χ3v) is 2.96. The van der Waals surface area contributed by atoms with Gasteiger partial charge < -0.3 is 5.32 Å². The fourth-order valence-corrected chi connectivity index (χ4v) is 1.82. The van der Waals surface area contributed by atoms with Crippen molar-refractivity contribution >= 4 is 5.78 Å². The quantitative estimate of drug-likeness (QED) is 0.648. The van der Waals surface area contributed by atoms with Crippen LogP contribution in [0.25, 0.3) is 0 Å². The van der Waals surface area contributed by atoms with Gasteiger partial charge in [0.1, 0.15) is 11.6 Å². The summed E-state index contributed by atoms with van der Waals surface area (Å²) in [5, 5.41) is 3.02. The van der Waals surface area contributed by atoms with Crippen molar-refractivity contribution < 1.29 is 13.6 Å². The van der Waals surface area contributed by atoms with Crippen molar-refractivity contribution in [1.82, 2.24) is 5.32 Å². The lowest BCUT2D eigenvalue weighted by Gasteiger charge is -2.05. The summed E-state index contributed by atoms with van der Waals surface area (Å²) in [6.07, 6.45) is 0.719. The van der Waals surface area contributed by atoms with E-state index in [0.717, 1.165) is 12.0 Å². The van der Waals surface area contributed by atoms with Crippen molar-refractivity contribution in [3.63, 3.8) is 0 Å². The standard InChI is InChI=1S/C16H15F2NO/c17-14-5-1-12(2-6-14)9-10-19-11-16(20)13-3-7-15(18)8-4-13/h1-8,19H,9-11H2. The lowest BCUT2D eigenvalue weighted by atomic mass is 10.1. The number of ketones is 1. The minimum Gasteiger partial charge on any atom is -0.309 e. The van der Waals surface area contributed by atoms with E-state index in [4.69, 9.17) is 0 Å². The Balaban J connectivity index is 1.74. The summed E-state index contributed by atoms with van der Waals surface area (Å²) in [5.74, 6) is -0.692. The highest BCUT2D eigenvalue weighted by Crippen LogP contribution is 2.04. The van der Waals surface area contributed by atoms with E-state index in [0.29, 0.717) is 12.1 Å². The molecule has 0 bridgehead atoms. The fourth-order valence-electron chi connectivity index (χ4n) is 1.82. The van der Waals surface area contributed by atoms with Crippen LogP contribution in [0.5, 0.6) is 0 Å². The van der Waals surface area contributed by atoms with E-state index in [1.807, 2.05) is 0 Å². The zero-order valence-corrected chi connectivity index (χ0v) is 10.9. The molecule has 0 unspecified atom stereocenters. The molecule has 0 aliphatic rings. The largest absolute Gasteiger partial charge is 0.309 e. The number of nitrogens with one attached hydrogen (secondary N) is 1. The first kappa shape index (κ1) is 14.3. The number of Topliss-reactive ketones (excluding diaryl/α,β-unsaturated/α-hetero) is 1. The summed E-state index contributed by atoms with van der Waals surface area (Å²) in [6.45, 7) is 0.825. The van der Waals surface area contributed by atoms with Gasteiger partial charge in [0.05, 0.1) is 6.54 Å². The average Bonchev–Trinajstić information content (AvgIpc) is 2.46. The molecule has 0 amide bonds. The highest BCUT2D eigenvalue weighted by molar-refractivity contribution is 5.97. The Morgan fingerprint density at radius 3 is 2.05 bits per heavy atom. The van der Waals surface area contributed by atoms with Gasteiger partial charge in [0.15, 0.2) is 5.78 Å². The molecule has 2 nitrogen and oxygen atoms in total. The van der Waals surface area contributed by atoms with Gasteiger partial charge in [-0.25, -0.2) is 8.78 Å². The summed E-state index contributed by atoms with van der Waals surface area (Å²) < 4.78 is 25.4. The van der Waals surface area contributed by atoms with Crippen LogP contribution in [0.4, 0.5) is 8.78 Å². The Kier molecular flexibility index (Phi) is 4.96. The van der Waals surface area contributed by atoms with Gasteiger partial charge in [0, 0.05) is 5.56 Å². The van der Waals surface area contributed by atoms with Crippen molar-refractivity contribution in [2.75, 3.05) is 13.1 Å². The molecule has 0 heterocycles. The highest BCUT2D eigenvalue weighted by atomic mass is 19.1. The van der Waals surface area contributed by atoms with Crippen LogP contribution >= 0.6 is 0 Å². The minimum absolute atomic E-state index is 0.0795. The first-order valence-electron chi connectivity index (χ1n) is 6.39. The lowest BCUT2D eigenvalue weighted by molar-refractivity contribution is 0.0991. The molecule has 20 heavy (non-hydrogen) atoms. The molecule has 0 aromatic heterocycles. The molecule has 2 aromatic rings. The predicted molar refractivity (Wildman–Crippen MR) is 73.7 cm³/mol. The maximum absolute atomic E-state index is 12.7. The second-order valence-corrected chi connectivity index (χ2v) is 4.48. The third-order valence-electron chi connectivity index (χ3n) is 2.96. The molecule has 2 rings (SSSR count). The maximum Gasteiger partial charge on any atom is 0.176 e. The Bertz CT molecular complexity index is 564. The van der Waals surface area contributed by atoms with Gasteiger partial charge in [-0.1, -0.05) is 12.1 Å². The summed E-state index contributed by atoms with van der Waals surface area (Å²) in [6, 6.07) is 11.8. The topological polar surface area (TPSA) is 29.1 Å². The number of halogens is 2. The number of benzene rings is 2. The number of hydrogen-bond donors (Lipinski definition) is 1. The van der Waals surface area contributed by atoms with E-state index in [1.54, 1.807) is 12.1 Å². The van der Waals surface area contributed by atoms with Gasteiger partial charge in [-0.3, -0.25) is 4.79 Å². The lowest BCUT2D eigenvalue weighted by Crippen LogP contribution is -2.25. The molecule has 0 aliphatic carbocycles. The Hall–Kier alpha value is -2.07. The molecule has 0 saturated carbocycles. The predicted octanol–water partition coefficient (Wildman–Crippen LogP) is 2.98. The van der Waals surface area contributed by atoms with E-state index in [9.17, 15) is 13.6 Å². The summed E-state index contributed by atoms with van der Waals surface area (Å²) in [7, 11) is 0. The van der Waals surface area contributed by atoms with Crippen molar-refractivity contribution in [3.8, 4) is 0 Å². The molecule has 2 aromatic carbocycles. The van der Waals surface area contributed by atoms with Crippen LogP contribution in [0.1, 0.15) is 15.9 Å². The molecule has 104 valence electrons. The molecular weight excluding hydrogens is 260 g/mol. The second kappa shape index (κ2) is 6.91. The average molecular weight is 275 g/mol. The van der Waals surface area contributed by atoms with Crippen LogP contribution in [0.3, 0.4) is 0 Å². The smallest absolute Gasteiger partial charge is 0.176 e. The fraction of sp³-hybridized carbons (Fsp3) is 0.188. The van der Waals surface area contributed by atoms with Crippen molar-refractivity contribution in [2.24, 2.45) is 0 Å². The van der Waals surface area contributed by atoms with E-state index in [2.05, 4.69) is 5.32 Å². The molecule has 1 N–H and O–H groups in total. The Morgan fingerprint density at radius 1 is 0.900 bits per heavy atom. The number of rotatable bonds is 6. The normalized spacial score (nSPS) is 10.5. The highest BCUT2D eigenvalue weighted by Gasteiger charge is 2.05. The van der Waals surface area contributed by atoms with Crippen LogP contribution in [0.2, 0.25) is 0 Å². The molecular formula is C16H15F2NO. The van der Waals surface area contributed by atoms with Gasteiger partial charge in [0.2, 0.25) is 0 Å². The Labute approximate surface area is 116 Å². The maximum atomic E-state index is 12.7.